The molecule has 0 spiro atoms. The number of alkyl halides is 2. The molecule has 0 aliphatic heterocycles. The van der Waals surface area contributed by atoms with Crippen LogP contribution in [0.25, 0.3) is 22.5 Å². The first-order valence-electron chi connectivity index (χ1n) is 8.07. The van der Waals surface area contributed by atoms with Crippen molar-refractivity contribution < 1.29 is 8.78 Å². The number of rotatable bonds is 4. The summed E-state index contributed by atoms with van der Waals surface area (Å²) in [6.07, 6.45) is 3.10. The predicted octanol–water partition coefficient (Wildman–Crippen LogP) is 3.73. The molecule has 1 aliphatic rings. The van der Waals surface area contributed by atoms with Gasteiger partial charge in [-0.3, -0.25) is 4.57 Å². The van der Waals surface area contributed by atoms with Crippen molar-refractivity contribution in [1.29, 1.82) is 5.26 Å². The fourth-order valence-electron chi connectivity index (χ4n) is 2.95. The largest absolute Gasteiger partial charge is 0.384 e. The van der Waals surface area contributed by atoms with Crippen molar-refractivity contribution >= 4 is 5.82 Å². The van der Waals surface area contributed by atoms with Crippen LogP contribution in [-0.4, -0.2) is 19.7 Å². The third-order valence-electron chi connectivity index (χ3n) is 4.34. The van der Waals surface area contributed by atoms with E-state index in [0.717, 1.165) is 30.4 Å². The molecule has 0 unspecified atom stereocenters. The average molecular weight is 352 g/mol. The minimum atomic E-state index is -2.79. The quantitative estimate of drug-likeness (QED) is 0.772. The second kappa shape index (κ2) is 6.19. The first kappa shape index (κ1) is 16.1. The van der Waals surface area contributed by atoms with Crippen molar-refractivity contribution in [2.75, 3.05) is 5.73 Å². The molecule has 2 N–H and O–H groups in total. The minimum absolute atomic E-state index is 0.00421. The van der Waals surface area contributed by atoms with Crippen LogP contribution in [0.15, 0.2) is 36.7 Å². The first-order chi connectivity index (χ1) is 12.6. The Hall–Kier alpha value is -3.34. The maximum atomic E-state index is 13.3. The predicted molar refractivity (Wildman–Crippen MR) is 91.0 cm³/mol. The number of nitrogen functional groups attached to an aromatic ring is 1. The van der Waals surface area contributed by atoms with Crippen LogP contribution in [-0.2, 0) is 0 Å². The summed E-state index contributed by atoms with van der Waals surface area (Å²) in [6.45, 7) is -2.79. The lowest BCUT2D eigenvalue weighted by Crippen LogP contribution is -2.02. The molecular formula is C18H14F2N6. The second-order valence-electron chi connectivity index (χ2n) is 6.19. The number of nitriles is 1. The van der Waals surface area contributed by atoms with Gasteiger partial charge < -0.3 is 5.73 Å². The van der Waals surface area contributed by atoms with Gasteiger partial charge in [-0.15, -0.1) is 10.2 Å². The highest BCUT2D eigenvalue weighted by Gasteiger charge is 2.26. The molecule has 26 heavy (non-hydrogen) atoms. The van der Waals surface area contributed by atoms with Gasteiger partial charge in [0.2, 0.25) is 0 Å². The molecule has 4 rings (SSSR count). The summed E-state index contributed by atoms with van der Waals surface area (Å²) in [4.78, 5) is 4.37. The Morgan fingerprint density at radius 3 is 2.69 bits per heavy atom. The molecule has 130 valence electrons. The van der Waals surface area contributed by atoms with E-state index in [0.29, 0.717) is 33.0 Å². The third-order valence-corrected chi connectivity index (χ3v) is 4.34. The van der Waals surface area contributed by atoms with Crippen molar-refractivity contribution in [3.8, 4) is 28.6 Å². The SMILES string of the molecule is N#Cc1ccc(-c2cc(N)nc(C3CC3)c2)c(-c2nncn2C(F)F)c1. The van der Waals surface area contributed by atoms with Gasteiger partial charge in [-0.05, 0) is 48.2 Å². The molecular weight excluding hydrogens is 338 g/mol. The zero-order valence-corrected chi connectivity index (χ0v) is 13.6. The summed E-state index contributed by atoms with van der Waals surface area (Å²) in [7, 11) is 0. The molecule has 6 nitrogen and oxygen atoms in total. The first-order valence-corrected chi connectivity index (χ1v) is 8.07. The van der Waals surface area contributed by atoms with Gasteiger partial charge in [0.25, 0.3) is 0 Å². The van der Waals surface area contributed by atoms with Gasteiger partial charge in [-0.25, -0.2) is 4.98 Å². The van der Waals surface area contributed by atoms with Crippen LogP contribution in [0.2, 0.25) is 0 Å². The lowest BCUT2D eigenvalue weighted by Gasteiger charge is -2.13. The molecule has 1 aromatic carbocycles. The van der Waals surface area contributed by atoms with Crippen molar-refractivity contribution in [2.45, 2.75) is 25.3 Å². The van der Waals surface area contributed by atoms with Crippen LogP contribution in [0.3, 0.4) is 0 Å². The number of benzene rings is 1. The molecule has 3 aromatic rings. The molecule has 1 aliphatic carbocycles. The Bertz CT molecular complexity index is 1020. The number of halogens is 2. The Morgan fingerprint density at radius 1 is 1.19 bits per heavy atom. The van der Waals surface area contributed by atoms with E-state index in [2.05, 4.69) is 15.2 Å². The smallest absolute Gasteiger partial charge is 0.321 e. The molecule has 1 saturated carbocycles. The summed E-state index contributed by atoms with van der Waals surface area (Å²) < 4.78 is 27.3. The monoisotopic (exact) mass is 352 g/mol. The van der Waals surface area contributed by atoms with Gasteiger partial charge in [0.15, 0.2) is 5.82 Å². The summed E-state index contributed by atoms with van der Waals surface area (Å²) in [5.41, 5.74) is 8.99. The molecule has 0 radical (unpaired) electrons. The molecule has 0 amide bonds. The van der Waals surface area contributed by atoms with Crippen molar-refractivity contribution in [1.82, 2.24) is 19.7 Å². The van der Waals surface area contributed by atoms with Gasteiger partial charge in [-0.2, -0.15) is 14.0 Å². The van der Waals surface area contributed by atoms with Gasteiger partial charge >= 0.3 is 6.55 Å². The van der Waals surface area contributed by atoms with E-state index >= 15 is 0 Å². The third kappa shape index (κ3) is 2.88. The van der Waals surface area contributed by atoms with Gasteiger partial charge in [0.05, 0.1) is 11.6 Å². The van der Waals surface area contributed by atoms with Crippen molar-refractivity contribution in [3.05, 3.63) is 47.9 Å². The lowest BCUT2D eigenvalue weighted by molar-refractivity contribution is 0.0716. The van der Waals surface area contributed by atoms with Gasteiger partial charge in [-0.1, -0.05) is 6.07 Å². The van der Waals surface area contributed by atoms with Crippen molar-refractivity contribution in [3.63, 3.8) is 0 Å². The van der Waals surface area contributed by atoms with E-state index in [1.165, 1.54) is 6.07 Å². The zero-order valence-electron chi connectivity index (χ0n) is 13.6. The van der Waals surface area contributed by atoms with E-state index in [9.17, 15) is 14.0 Å². The number of aromatic nitrogens is 4. The minimum Gasteiger partial charge on any atom is -0.384 e. The van der Waals surface area contributed by atoms with E-state index < -0.39 is 6.55 Å². The molecule has 0 saturated heterocycles. The van der Waals surface area contributed by atoms with E-state index in [1.54, 1.807) is 18.2 Å². The number of hydrogen-bond donors (Lipinski definition) is 1. The highest BCUT2D eigenvalue weighted by Crippen LogP contribution is 2.42. The van der Waals surface area contributed by atoms with E-state index in [4.69, 9.17) is 5.73 Å². The summed E-state index contributed by atoms with van der Waals surface area (Å²) >= 11 is 0. The summed E-state index contributed by atoms with van der Waals surface area (Å²) in [6, 6.07) is 10.5. The highest BCUT2D eigenvalue weighted by atomic mass is 19.3. The number of nitrogens with zero attached hydrogens (tertiary/aromatic N) is 5. The fourth-order valence-corrected chi connectivity index (χ4v) is 2.95. The molecule has 2 aromatic heterocycles. The number of pyridine rings is 1. The fraction of sp³-hybridized carbons (Fsp3) is 0.222. The van der Waals surface area contributed by atoms with Gasteiger partial charge in [0, 0.05) is 17.2 Å². The highest BCUT2D eigenvalue weighted by molar-refractivity contribution is 5.82. The van der Waals surface area contributed by atoms with Gasteiger partial charge in [0.1, 0.15) is 12.1 Å². The van der Waals surface area contributed by atoms with E-state index in [1.807, 2.05) is 12.1 Å². The molecule has 0 bridgehead atoms. The molecule has 1 fully saturated rings. The maximum Gasteiger partial charge on any atom is 0.321 e. The molecule has 8 heteroatoms. The maximum absolute atomic E-state index is 13.3. The van der Waals surface area contributed by atoms with Crippen LogP contribution in [0.1, 0.15) is 36.6 Å². The molecule has 2 heterocycles. The van der Waals surface area contributed by atoms with Crippen LogP contribution in [0, 0.1) is 11.3 Å². The van der Waals surface area contributed by atoms with Crippen LogP contribution in [0.4, 0.5) is 14.6 Å². The average Bonchev–Trinajstić information content (AvgIpc) is 3.37. The lowest BCUT2D eigenvalue weighted by atomic mass is 9.96. The number of nitrogens with two attached hydrogens (primary N) is 1. The summed E-state index contributed by atoms with van der Waals surface area (Å²) in [5, 5.41) is 16.6. The standard InChI is InChI=1S/C18H14F2N6/c19-18(20)26-9-23-25-17(26)14-5-10(8-21)1-4-13(14)12-6-15(11-2-3-11)24-16(22)7-12/h1,4-7,9,11,18H,2-3H2,(H2,22,24). The molecule has 0 atom stereocenters. The Labute approximate surface area is 147 Å². The van der Waals surface area contributed by atoms with Crippen LogP contribution >= 0.6 is 0 Å². The number of anilines is 1. The summed E-state index contributed by atoms with van der Waals surface area (Å²) in [5.74, 6) is 0.759. The van der Waals surface area contributed by atoms with Crippen LogP contribution < -0.4 is 5.73 Å². The Balaban J connectivity index is 1.92. The second-order valence-corrected chi connectivity index (χ2v) is 6.19. The normalized spacial score (nSPS) is 13.8. The van der Waals surface area contributed by atoms with Crippen molar-refractivity contribution in [2.24, 2.45) is 0 Å². The van der Waals surface area contributed by atoms with Crippen LogP contribution in [0.5, 0.6) is 0 Å². The zero-order chi connectivity index (χ0) is 18.3. The topological polar surface area (TPSA) is 93.4 Å². The van der Waals surface area contributed by atoms with E-state index in [-0.39, 0.29) is 5.82 Å². The Kier molecular flexibility index (Phi) is 3.84. The Morgan fingerprint density at radius 2 is 2.00 bits per heavy atom. The number of hydrogen-bond acceptors (Lipinski definition) is 5.